The molecule has 0 unspecified atom stereocenters. The van der Waals surface area contributed by atoms with Crippen molar-refractivity contribution in [2.75, 3.05) is 4.90 Å². The molecule has 2 heterocycles. The second-order valence-corrected chi connectivity index (χ2v) is 13.7. The standard InChI is InChI=1S/C45H29NOS/c1-28-11-9-15-31(25-28)46(32-22-23-36-38-20-10-19-34(29-12-3-2-4-13-29)45(38)47-40(36)26-32)39-27-42-44(37-18-8-7-17-35(37)39)43-33-16-6-5-14-30(33)21-24-41(43)48-42/h2-27H,1H3. The molecule has 0 spiro atoms. The van der Waals surface area contributed by atoms with Crippen molar-refractivity contribution in [1.82, 2.24) is 0 Å². The molecule has 0 saturated carbocycles. The van der Waals surface area contributed by atoms with Gasteiger partial charge in [0.05, 0.1) is 5.69 Å². The summed E-state index contributed by atoms with van der Waals surface area (Å²) < 4.78 is 9.33. The van der Waals surface area contributed by atoms with E-state index in [1.807, 2.05) is 11.3 Å². The molecule has 0 atom stereocenters. The number of furan rings is 1. The Balaban J connectivity index is 1.25. The summed E-state index contributed by atoms with van der Waals surface area (Å²) in [5.41, 5.74) is 8.60. The van der Waals surface area contributed by atoms with Crippen LogP contribution >= 0.6 is 11.3 Å². The lowest BCUT2D eigenvalue weighted by Gasteiger charge is -2.27. The Kier molecular flexibility index (Phi) is 5.99. The first kappa shape index (κ1) is 27.2. The minimum absolute atomic E-state index is 0.877. The van der Waals surface area contributed by atoms with Gasteiger partial charge in [0, 0.05) is 59.3 Å². The highest BCUT2D eigenvalue weighted by Crippen LogP contribution is 2.48. The Labute approximate surface area is 281 Å². The number of rotatable bonds is 4. The predicted molar refractivity (Wildman–Crippen MR) is 206 cm³/mol. The largest absolute Gasteiger partial charge is 0.455 e. The zero-order chi connectivity index (χ0) is 31.8. The molecular weight excluding hydrogens is 603 g/mol. The molecule has 2 nitrogen and oxygen atoms in total. The molecule has 8 aromatic carbocycles. The molecule has 48 heavy (non-hydrogen) atoms. The summed E-state index contributed by atoms with van der Waals surface area (Å²) in [7, 11) is 0. The maximum absolute atomic E-state index is 6.74. The summed E-state index contributed by atoms with van der Waals surface area (Å²) in [6, 6.07) is 57.0. The molecule has 0 N–H and O–H groups in total. The van der Waals surface area contributed by atoms with Crippen LogP contribution in [0.25, 0.3) is 74.8 Å². The highest BCUT2D eigenvalue weighted by atomic mass is 32.1. The minimum Gasteiger partial charge on any atom is -0.455 e. The third-order valence-corrected chi connectivity index (χ3v) is 10.8. The fraction of sp³-hybridized carbons (Fsp3) is 0.0222. The van der Waals surface area contributed by atoms with Crippen molar-refractivity contribution in [3.05, 3.63) is 163 Å². The van der Waals surface area contributed by atoms with Gasteiger partial charge in [-0.2, -0.15) is 0 Å². The van der Waals surface area contributed by atoms with Gasteiger partial charge in [-0.25, -0.2) is 0 Å². The summed E-state index contributed by atoms with van der Waals surface area (Å²) in [4.78, 5) is 2.40. The molecule has 0 radical (unpaired) electrons. The van der Waals surface area contributed by atoms with Crippen molar-refractivity contribution in [3.8, 4) is 11.1 Å². The van der Waals surface area contributed by atoms with Crippen molar-refractivity contribution in [2.45, 2.75) is 6.92 Å². The highest BCUT2D eigenvalue weighted by molar-refractivity contribution is 7.26. The molecule has 3 heteroatoms. The molecule has 0 aliphatic heterocycles. The van der Waals surface area contributed by atoms with E-state index in [1.54, 1.807) is 0 Å². The van der Waals surface area contributed by atoms with Gasteiger partial charge in [0.25, 0.3) is 0 Å². The van der Waals surface area contributed by atoms with Crippen molar-refractivity contribution in [3.63, 3.8) is 0 Å². The van der Waals surface area contributed by atoms with E-state index in [0.29, 0.717) is 0 Å². The minimum atomic E-state index is 0.877. The van der Waals surface area contributed by atoms with E-state index in [0.717, 1.165) is 50.1 Å². The van der Waals surface area contributed by atoms with Gasteiger partial charge in [0.15, 0.2) is 0 Å². The Hall–Kier alpha value is -5.90. The van der Waals surface area contributed by atoms with Crippen LogP contribution in [-0.4, -0.2) is 0 Å². The second-order valence-electron chi connectivity index (χ2n) is 12.6. The van der Waals surface area contributed by atoms with E-state index < -0.39 is 0 Å². The SMILES string of the molecule is Cc1cccc(N(c2ccc3c(c2)oc2c(-c4ccccc4)cccc23)c2cc3sc4ccc5ccccc5c4c3c3ccccc23)c1. The monoisotopic (exact) mass is 631 g/mol. The molecule has 0 aliphatic rings. The summed E-state index contributed by atoms with van der Waals surface area (Å²) in [6.07, 6.45) is 0. The fourth-order valence-corrected chi connectivity index (χ4v) is 8.70. The van der Waals surface area contributed by atoms with Crippen molar-refractivity contribution < 1.29 is 4.42 Å². The Bertz CT molecular complexity index is 2860. The van der Waals surface area contributed by atoms with Gasteiger partial charge in [-0.3, -0.25) is 0 Å². The molecule has 10 rings (SSSR count). The summed E-state index contributed by atoms with van der Waals surface area (Å²) in [5.74, 6) is 0. The van der Waals surface area contributed by atoms with E-state index in [4.69, 9.17) is 4.42 Å². The van der Waals surface area contributed by atoms with Crippen molar-refractivity contribution >= 4 is 92.1 Å². The van der Waals surface area contributed by atoms with Crippen LogP contribution in [0.2, 0.25) is 0 Å². The van der Waals surface area contributed by atoms with Crippen LogP contribution in [0.5, 0.6) is 0 Å². The summed E-state index contributed by atoms with van der Waals surface area (Å²) in [5, 5.41) is 9.98. The third kappa shape index (κ3) is 4.11. The average Bonchev–Trinajstić information content (AvgIpc) is 3.71. The molecule has 226 valence electrons. The smallest absolute Gasteiger partial charge is 0.143 e. The maximum atomic E-state index is 6.74. The zero-order valence-electron chi connectivity index (χ0n) is 26.3. The summed E-state index contributed by atoms with van der Waals surface area (Å²) in [6.45, 7) is 2.16. The Morgan fingerprint density at radius 1 is 0.500 bits per heavy atom. The van der Waals surface area contributed by atoms with Gasteiger partial charge in [0.2, 0.25) is 0 Å². The van der Waals surface area contributed by atoms with Crippen LogP contribution in [0.3, 0.4) is 0 Å². The lowest BCUT2D eigenvalue weighted by molar-refractivity contribution is 0.670. The number of hydrogen-bond donors (Lipinski definition) is 0. The molecule has 2 aromatic heterocycles. The Morgan fingerprint density at radius 3 is 2.10 bits per heavy atom. The number of nitrogens with zero attached hydrogens (tertiary/aromatic N) is 1. The van der Waals surface area contributed by atoms with Gasteiger partial charge in [-0.15, -0.1) is 11.3 Å². The lowest BCUT2D eigenvalue weighted by Crippen LogP contribution is -2.10. The van der Waals surface area contributed by atoms with Crippen LogP contribution in [-0.2, 0) is 0 Å². The number of benzene rings is 8. The van der Waals surface area contributed by atoms with Crippen LogP contribution in [0.1, 0.15) is 5.56 Å². The quantitative estimate of drug-likeness (QED) is 0.192. The number of fused-ring (bicyclic) bond motifs is 10. The molecule has 0 bridgehead atoms. The van der Waals surface area contributed by atoms with E-state index in [1.165, 1.54) is 47.3 Å². The highest BCUT2D eigenvalue weighted by Gasteiger charge is 2.22. The number of anilines is 3. The average molecular weight is 632 g/mol. The zero-order valence-corrected chi connectivity index (χ0v) is 27.1. The summed E-state index contributed by atoms with van der Waals surface area (Å²) >= 11 is 1.88. The number of para-hydroxylation sites is 1. The number of hydrogen-bond acceptors (Lipinski definition) is 3. The lowest BCUT2D eigenvalue weighted by atomic mass is 9.98. The first-order chi connectivity index (χ1) is 23.7. The Morgan fingerprint density at radius 2 is 1.23 bits per heavy atom. The normalized spacial score (nSPS) is 11.9. The molecular formula is C45H29NOS. The van der Waals surface area contributed by atoms with Crippen LogP contribution in [0.15, 0.2) is 162 Å². The predicted octanol–water partition coefficient (Wildman–Crippen LogP) is 13.7. The van der Waals surface area contributed by atoms with Crippen molar-refractivity contribution in [1.29, 1.82) is 0 Å². The first-order valence-electron chi connectivity index (χ1n) is 16.3. The molecule has 10 aromatic rings. The van der Waals surface area contributed by atoms with E-state index in [-0.39, 0.29) is 0 Å². The van der Waals surface area contributed by atoms with Gasteiger partial charge in [0.1, 0.15) is 11.2 Å². The van der Waals surface area contributed by atoms with Gasteiger partial charge in [-0.1, -0.05) is 115 Å². The molecule has 0 saturated heterocycles. The van der Waals surface area contributed by atoms with Crippen LogP contribution in [0.4, 0.5) is 17.1 Å². The van der Waals surface area contributed by atoms with Gasteiger partial charge >= 0.3 is 0 Å². The molecule has 0 aliphatic carbocycles. The third-order valence-electron chi connectivity index (χ3n) is 9.67. The van der Waals surface area contributed by atoms with Crippen LogP contribution < -0.4 is 4.90 Å². The topological polar surface area (TPSA) is 16.4 Å². The molecule has 0 fully saturated rings. The van der Waals surface area contributed by atoms with E-state index >= 15 is 0 Å². The molecule has 0 amide bonds. The van der Waals surface area contributed by atoms with E-state index in [9.17, 15) is 0 Å². The number of thiophene rings is 1. The maximum Gasteiger partial charge on any atom is 0.143 e. The van der Waals surface area contributed by atoms with Gasteiger partial charge < -0.3 is 9.32 Å². The van der Waals surface area contributed by atoms with E-state index in [2.05, 4.69) is 170 Å². The fourth-order valence-electron chi connectivity index (χ4n) is 7.53. The van der Waals surface area contributed by atoms with Gasteiger partial charge in [-0.05, 0) is 70.6 Å². The van der Waals surface area contributed by atoms with Crippen molar-refractivity contribution in [2.24, 2.45) is 0 Å². The first-order valence-corrected chi connectivity index (χ1v) is 17.2. The van der Waals surface area contributed by atoms with Crippen LogP contribution in [0, 0.1) is 6.92 Å². The second kappa shape index (κ2) is 10.6. The number of aryl methyl sites for hydroxylation is 1.